The summed E-state index contributed by atoms with van der Waals surface area (Å²) in [6.07, 6.45) is 3.84. The molecule has 1 aliphatic carbocycles. The van der Waals surface area contributed by atoms with E-state index in [0.29, 0.717) is 17.1 Å². The van der Waals surface area contributed by atoms with Crippen molar-refractivity contribution < 1.29 is 24.2 Å². The molecule has 0 heterocycles. The maximum Gasteiger partial charge on any atom is 0.258 e. The Hall–Kier alpha value is -2.08. The van der Waals surface area contributed by atoms with Crippen molar-refractivity contribution >= 4 is 11.7 Å². The SMILES string of the molecule is COc1cc(C(C)=O)ccc1OCC(=O)NCC(O)C1CCCC1. The van der Waals surface area contributed by atoms with Crippen molar-refractivity contribution in [2.24, 2.45) is 5.92 Å². The van der Waals surface area contributed by atoms with Crippen LogP contribution in [-0.2, 0) is 4.79 Å². The van der Waals surface area contributed by atoms with Crippen molar-refractivity contribution in [2.45, 2.75) is 38.7 Å². The van der Waals surface area contributed by atoms with Crippen LogP contribution in [0.2, 0.25) is 0 Å². The van der Waals surface area contributed by atoms with Gasteiger partial charge in [0.2, 0.25) is 0 Å². The number of nitrogens with one attached hydrogen (secondary N) is 1. The molecule has 1 fully saturated rings. The van der Waals surface area contributed by atoms with Gasteiger partial charge in [-0.25, -0.2) is 0 Å². The fraction of sp³-hybridized carbons (Fsp3) is 0.556. The lowest BCUT2D eigenvalue weighted by Crippen LogP contribution is -2.37. The second kappa shape index (κ2) is 8.68. The summed E-state index contributed by atoms with van der Waals surface area (Å²) in [7, 11) is 1.48. The first-order valence-electron chi connectivity index (χ1n) is 8.27. The van der Waals surface area contributed by atoms with Gasteiger partial charge >= 0.3 is 0 Å². The van der Waals surface area contributed by atoms with Crippen LogP contribution in [-0.4, -0.2) is 43.2 Å². The van der Waals surface area contributed by atoms with Crippen molar-refractivity contribution in [3.05, 3.63) is 23.8 Å². The first-order chi connectivity index (χ1) is 11.5. The Balaban J connectivity index is 1.81. The first kappa shape index (κ1) is 18.3. The fourth-order valence-corrected chi connectivity index (χ4v) is 2.93. The van der Waals surface area contributed by atoms with Gasteiger partial charge in [0.25, 0.3) is 5.91 Å². The van der Waals surface area contributed by atoms with Crippen molar-refractivity contribution in [1.29, 1.82) is 0 Å². The molecule has 2 N–H and O–H groups in total. The average molecular weight is 335 g/mol. The van der Waals surface area contributed by atoms with Gasteiger partial charge in [0.15, 0.2) is 23.9 Å². The second-order valence-electron chi connectivity index (χ2n) is 6.13. The van der Waals surface area contributed by atoms with Gasteiger partial charge in [-0.1, -0.05) is 12.8 Å². The molecule has 1 saturated carbocycles. The molecule has 24 heavy (non-hydrogen) atoms. The predicted molar refractivity (Wildman–Crippen MR) is 89.5 cm³/mol. The van der Waals surface area contributed by atoms with Gasteiger partial charge in [0.1, 0.15) is 0 Å². The van der Waals surface area contributed by atoms with Crippen LogP contribution < -0.4 is 14.8 Å². The Kier molecular flexibility index (Phi) is 6.61. The van der Waals surface area contributed by atoms with E-state index in [1.54, 1.807) is 18.2 Å². The molecule has 1 aliphatic rings. The minimum absolute atomic E-state index is 0.0708. The molecule has 2 rings (SSSR count). The smallest absolute Gasteiger partial charge is 0.258 e. The molecule has 132 valence electrons. The highest BCUT2D eigenvalue weighted by molar-refractivity contribution is 5.94. The highest BCUT2D eigenvalue weighted by atomic mass is 16.5. The number of carbonyl (C=O) groups excluding carboxylic acids is 2. The van der Waals surface area contributed by atoms with Crippen LogP contribution in [0.1, 0.15) is 43.0 Å². The van der Waals surface area contributed by atoms with Crippen molar-refractivity contribution in [3.63, 3.8) is 0 Å². The van der Waals surface area contributed by atoms with Crippen LogP contribution in [0, 0.1) is 5.92 Å². The Morgan fingerprint density at radius 2 is 2.00 bits per heavy atom. The van der Waals surface area contributed by atoms with Gasteiger partial charge in [-0.2, -0.15) is 0 Å². The summed E-state index contributed by atoms with van der Waals surface area (Å²) in [5.41, 5.74) is 0.517. The number of aliphatic hydroxyl groups is 1. The normalized spacial score (nSPS) is 15.8. The van der Waals surface area contributed by atoms with Crippen molar-refractivity contribution in [2.75, 3.05) is 20.3 Å². The molecule has 6 nitrogen and oxygen atoms in total. The summed E-state index contributed by atoms with van der Waals surface area (Å²) in [4.78, 5) is 23.2. The summed E-state index contributed by atoms with van der Waals surface area (Å²) >= 11 is 0. The molecular weight excluding hydrogens is 310 g/mol. The number of hydrogen-bond acceptors (Lipinski definition) is 5. The molecule has 1 amide bonds. The largest absolute Gasteiger partial charge is 0.493 e. The number of Topliss-reactive ketones (excluding diaryl/α,β-unsaturated/α-hetero) is 1. The zero-order valence-corrected chi connectivity index (χ0v) is 14.2. The van der Waals surface area contributed by atoms with Crippen LogP contribution >= 0.6 is 0 Å². The number of amides is 1. The van der Waals surface area contributed by atoms with E-state index in [1.165, 1.54) is 14.0 Å². The third-order valence-corrected chi connectivity index (χ3v) is 4.38. The zero-order valence-electron chi connectivity index (χ0n) is 14.2. The molecule has 0 radical (unpaired) electrons. The Labute approximate surface area is 142 Å². The average Bonchev–Trinajstić information content (AvgIpc) is 3.12. The van der Waals surface area contributed by atoms with Crippen LogP contribution in [0.15, 0.2) is 18.2 Å². The molecule has 6 heteroatoms. The first-order valence-corrected chi connectivity index (χ1v) is 8.27. The van der Waals surface area contributed by atoms with Crippen LogP contribution in [0.4, 0.5) is 0 Å². The molecular formula is C18H25NO5. The lowest BCUT2D eigenvalue weighted by molar-refractivity contribution is -0.123. The number of aliphatic hydroxyl groups excluding tert-OH is 1. The highest BCUT2D eigenvalue weighted by Crippen LogP contribution is 2.28. The Morgan fingerprint density at radius 3 is 2.62 bits per heavy atom. The van der Waals surface area contributed by atoms with E-state index in [1.807, 2.05) is 0 Å². The standard InChI is InChI=1S/C18H25NO5/c1-12(20)14-7-8-16(17(9-14)23-2)24-11-18(22)19-10-15(21)13-5-3-4-6-13/h7-9,13,15,21H,3-6,10-11H2,1-2H3,(H,19,22). The van der Waals surface area contributed by atoms with Crippen molar-refractivity contribution in [1.82, 2.24) is 5.32 Å². The monoisotopic (exact) mass is 335 g/mol. The van der Waals surface area contributed by atoms with E-state index in [0.717, 1.165) is 25.7 Å². The predicted octanol–water partition coefficient (Wildman–Crippen LogP) is 1.94. The van der Waals surface area contributed by atoms with Crippen molar-refractivity contribution in [3.8, 4) is 11.5 Å². The number of benzene rings is 1. The lowest BCUT2D eigenvalue weighted by Gasteiger charge is -2.18. The summed E-state index contributed by atoms with van der Waals surface area (Å²) < 4.78 is 10.6. The number of methoxy groups -OCH3 is 1. The fourth-order valence-electron chi connectivity index (χ4n) is 2.93. The maximum atomic E-state index is 11.9. The molecule has 0 spiro atoms. The molecule has 0 bridgehead atoms. The number of carbonyl (C=O) groups is 2. The molecule has 0 aromatic heterocycles. The highest BCUT2D eigenvalue weighted by Gasteiger charge is 2.23. The minimum atomic E-state index is -0.499. The van der Waals surface area contributed by atoms with Gasteiger partial charge in [0.05, 0.1) is 13.2 Å². The van der Waals surface area contributed by atoms with Gasteiger partial charge in [0, 0.05) is 12.1 Å². The minimum Gasteiger partial charge on any atom is -0.493 e. The van der Waals surface area contributed by atoms with E-state index in [4.69, 9.17) is 9.47 Å². The zero-order chi connectivity index (χ0) is 17.5. The summed E-state index contributed by atoms with van der Waals surface area (Å²) in [6, 6.07) is 4.82. The Bertz CT molecular complexity index is 581. The Morgan fingerprint density at radius 1 is 1.29 bits per heavy atom. The molecule has 1 atom stereocenters. The van der Waals surface area contributed by atoms with Crippen LogP contribution in [0.3, 0.4) is 0 Å². The van der Waals surface area contributed by atoms with E-state index in [-0.39, 0.29) is 30.8 Å². The number of ether oxygens (including phenoxy) is 2. The molecule has 0 aliphatic heterocycles. The van der Waals surface area contributed by atoms with E-state index < -0.39 is 6.10 Å². The van der Waals surface area contributed by atoms with Gasteiger partial charge in [-0.15, -0.1) is 0 Å². The summed E-state index contributed by atoms with van der Waals surface area (Å²) in [5.74, 6) is 0.712. The third-order valence-electron chi connectivity index (χ3n) is 4.38. The molecule has 1 aromatic rings. The van der Waals surface area contributed by atoms with E-state index in [9.17, 15) is 14.7 Å². The van der Waals surface area contributed by atoms with Gasteiger partial charge < -0.3 is 19.9 Å². The summed E-state index contributed by atoms with van der Waals surface area (Å²) in [6.45, 7) is 1.54. The topological polar surface area (TPSA) is 84.9 Å². The number of ketones is 1. The lowest BCUT2D eigenvalue weighted by atomic mass is 10.0. The van der Waals surface area contributed by atoms with Crippen LogP contribution in [0.25, 0.3) is 0 Å². The summed E-state index contributed by atoms with van der Waals surface area (Å²) in [5, 5.41) is 12.7. The van der Waals surface area contributed by atoms with Gasteiger partial charge in [-0.05, 0) is 43.9 Å². The van der Waals surface area contributed by atoms with E-state index >= 15 is 0 Å². The maximum absolute atomic E-state index is 11.9. The number of rotatable bonds is 8. The van der Waals surface area contributed by atoms with Gasteiger partial charge in [-0.3, -0.25) is 9.59 Å². The number of hydrogen-bond donors (Lipinski definition) is 2. The van der Waals surface area contributed by atoms with Crippen LogP contribution in [0.5, 0.6) is 11.5 Å². The van der Waals surface area contributed by atoms with E-state index in [2.05, 4.69) is 5.32 Å². The second-order valence-corrected chi connectivity index (χ2v) is 6.13. The molecule has 1 aromatic carbocycles. The molecule has 1 unspecified atom stereocenters. The molecule has 0 saturated heterocycles. The quantitative estimate of drug-likeness (QED) is 0.709. The third kappa shape index (κ3) is 4.96.